The molecule has 3 nitrogen and oxygen atoms in total. The van der Waals surface area contributed by atoms with Gasteiger partial charge in [0.2, 0.25) is 22.5 Å². The summed E-state index contributed by atoms with van der Waals surface area (Å²) in [6, 6.07) is 0. The topological polar surface area (TPSA) is 46.2 Å². The lowest BCUT2D eigenvalue weighted by atomic mass is 13.9. The second kappa shape index (κ2) is 3.71. The van der Waals surface area contributed by atoms with Crippen molar-refractivity contribution in [1.29, 1.82) is 0 Å². The number of rotatable bonds is 2. The Bertz CT molecular complexity index is 89.9. The molecule has 7 heavy (non-hydrogen) atoms. The second-order valence-electron chi connectivity index (χ2n) is 0.590. The molecular weight excluding hydrogens is 179 g/mol. The van der Waals surface area contributed by atoms with Crippen LogP contribution in [-0.4, -0.2) is 0 Å². The van der Waals surface area contributed by atoms with Crippen molar-refractivity contribution in [1.82, 2.24) is 4.86 Å². The van der Waals surface area contributed by atoms with Crippen molar-refractivity contribution in [3.8, 4) is 0 Å². The summed E-state index contributed by atoms with van der Waals surface area (Å²) in [6.45, 7) is 0. The highest BCUT2D eigenvalue weighted by atomic mass is 35.7. The Balaban J connectivity index is 3.32. The third-order valence-corrected chi connectivity index (χ3v) is 2.78. The fraction of sp³-hybridized carbons (Fsp3) is 0. The van der Waals surface area contributed by atoms with Gasteiger partial charge in [0.05, 0.1) is 0 Å². The van der Waals surface area contributed by atoms with Crippen molar-refractivity contribution in [2.24, 2.45) is 0 Å². The van der Waals surface area contributed by atoms with Crippen LogP contribution in [-0.2, 0) is 9.13 Å². The Morgan fingerprint density at radius 1 is 1.14 bits per heavy atom. The van der Waals surface area contributed by atoms with Crippen LogP contribution < -0.4 is 4.86 Å². The number of hydrogen-bond donors (Lipinski definition) is 1. The summed E-state index contributed by atoms with van der Waals surface area (Å²) in [4.78, 5) is 1.85. The van der Waals surface area contributed by atoms with Crippen molar-refractivity contribution < 1.29 is 9.13 Å². The van der Waals surface area contributed by atoms with E-state index in [9.17, 15) is 9.13 Å². The minimum atomic E-state index is -2.08. The molecule has 0 spiro atoms. The van der Waals surface area contributed by atoms with Gasteiger partial charge in [-0.15, -0.1) is 0 Å². The van der Waals surface area contributed by atoms with E-state index >= 15 is 0 Å². The van der Waals surface area contributed by atoms with Crippen LogP contribution in [0.3, 0.4) is 0 Å². The average molecular weight is 180 g/mol. The first-order valence-corrected chi connectivity index (χ1v) is 5.48. The number of hydrogen-bond acceptors (Lipinski definition) is 2. The molecule has 0 aliphatic rings. The Morgan fingerprint density at radius 3 is 1.43 bits per heavy atom. The maximum atomic E-state index is 9.79. The summed E-state index contributed by atoms with van der Waals surface area (Å²) in [7, 11) is -4.17. The maximum Gasteiger partial charge on any atom is 0.598 e. The zero-order valence-corrected chi connectivity index (χ0v) is 6.27. The lowest BCUT2D eigenvalue weighted by molar-refractivity contribution is 0.585. The molecule has 0 heterocycles. The summed E-state index contributed by atoms with van der Waals surface area (Å²) in [5, 5.41) is 0. The van der Waals surface area contributed by atoms with Crippen molar-refractivity contribution in [3.05, 3.63) is 0 Å². The van der Waals surface area contributed by atoms with Crippen LogP contribution in [0.1, 0.15) is 0 Å². The fourth-order valence-corrected chi connectivity index (χ4v) is 2.14. The zero-order valence-electron chi connectivity index (χ0n) is 2.97. The Morgan fingerprint density at radius 2 is 1.43 bits per heavy atom. The standard InChI is InChI=1S/Cl2HNO2P2/c1-6(4)3-7(2)5/h(H,3,4,5)/q+2. The molecule has 1 N–H and O–H groups in total. The Kier molecular flexibility index (Phi) is 4.10. The van der Waals surface area contributed by atoms with Crippen molar-refractivity contribution in [2.45, 2.75) is 0 Å². The summed E-state index contributed by atoms with van der Waals surface area (Å²) in [5.41, 5.74) is 0. The summed E-state index contributed by atoms with van der Waals surface area (Å²) in [6.07, 6.45) is 0. The summed E-state index contributed by atoms with van der Waals surface area (Å²) in [5.74, 6) is 0. The second-order valence-corrected chi connectivity index (χ2v) is 4.21. The van der Waals surface area contributed by atoms with E-state index in [0.717, 1.165) is 0 Å². The van der Waals surface area contributed by atoms with E-state index in [4.69, 9.17) is 22.5 Å². The molecule has 2 atom stereocenters. The highest BCUT2D eigenvalue weighted by Crippen LogP contribution is 2.33. The minimum absolute atomic E-state index is 1.85. The smallest absolute Gasteiger partial charge is 0.0224 e. The molecule has 0 aliphatic carbocycles. The minimum Gasteiger partial charge on any atom is -0.0224 e. The van der Waals surface area contributed by atoms with Crippen LogP contribution in [0.4, 0.5) is 0 Å². The third-order valence-electron chi connectivity index (χ3n) is 0.157. The van der Waals surface area contributed by atoms with Gasteiger partial charge >= 0.3 is 14.6 Å². The van der Waals surface area contributed by atoms with E-state index in [2.05, 4.69) is 0 Å². The molecule has 0 aromatic rings. The van der Waals surface area contributed by atoms with Crippen molar-refractivity contribution >= 4 is 37.1 Å². The molecule has 0 radical (unpaired) electrons. The first-order valence-electron chi connectivity index (χ1n) is 1.15. The molecule has 40 valence electrons. The molecule has 2 unspecified atom stereocenters. The van der Waals surface area contributed by atoms with Crippen LogP contribution in [0.15, 0.2) is 0 Å². The van der Waals surface area contributed by atoms with Gasteiger partial charge in [0.25, 0.3) is 0 Å². The van der Waals surface area contributed by atoms with Crippen LogP contribution in [0.5, 0.6) is 0 Å². The van der Waals surface area contributed by atoms with Gasteiger partial charge in [-0.3, -0.25) is 0 Å². The third kappa shape index (κ3) is 6.74. The largest absolute Gasteiger partial charge is 0.598 e. The molecular formula is HCl2NO2P2+2. The van der Waals surface area contributed by atoms with Crippen LogP contribution in [0, 0.1) is 0 Å². The van der Waals surface area contributed by atoms with Gasteiger partial charge in [-0.05, 0) is 9.13 Å². The van der Waals surface area contributed by atoms with Crippen molar-refractivity contribution in [2.75, 3.05) is 0 Å². The van der Waals surface area contributed by atoms with Gasteiger partial charge in [0.15, 0.2) is 0 Å². The molecule has 0 aromatic carbocycles. The highest BCUT2D eigenvalue weighted by molar-refractivity contribution is 7.85. The predicted molar refractivity (Wildman–Crippen MR) is 30.1 cm³/mol. The Hall–Kier alpha value is 0.740. The monoisotopic (exact) mass is 179 g/mol. The molecule has 0 rings (SSSR count). The number of halogens is 2. The lowest BCUT2D eigenvalue weighted by Crippen LogP contribution is -1.76. The average Bonchev–Trinajstić information content (AvgIpc) is 1.27. The predicted octanol–water partition coefficient (Wildman–Crippen LogP) is 2.37. The first kappa shape index (κ1) is 7.74. The maximum absolute atomic E-state index is 9.79. The van der Waals surface area contributed by atoms with E-state index in [1.54, 1.807) is 0 Å². The Labute approximate surface area is 51.6 Å². The van der Waals surface area contributed by atoms with E-state index in [0.29, 0.717) is 0 Å². The van der Waals surface area contributed by atoms with Gasteiger partial charge in [-0.1, -0.05) is 0 Å². The van der Waals surface area contributed by atoms with E-state index in [1.165, 1.54) is 0 Å². The molecule has 0 amide bonds. The summed E-state index contributed by atoms with van der Waals surface area (Å²) < 4.78 is 19.6. The van der Waals surface area contributed by atoms with Gasteiger partial charge in [-0.2, -0.15) is 0 Å². The normalized spacial score (nSPS) is 13.4. The van der Waals surface area contributed by atoms with E-state index in [-0.39, 0.29) is 0 Å². The van der Waals surface area contributed by atoms with E-state index in [1.807, 2.05) is 4.86 Å². The zero-order chi connectivity index (χ0) is 5.86. The van der Waals surface area contributed by atoms with E-state index < -0.39 is 14.6 Å². The first-order chi connectivity index (χ1) is 3.13. The molecule has 0 fully saturated rings. The van der Waals surface area contributed by atoms with Crippen molar-refractivity contribution in [3.63, 3.8) is 0 Å². The van der Waals surface area contributed by atoms with Gasteiger partial charge in [0, 0.05) is 0 Å². The number of nitrogens with one attached hydrogen (secondary N) is 1. The fourth-order valence-electron chi connectivity index (χ4n) is 0.0618. The highest BCUT2D eigenvalue weighted by Gasteiger charge is 2.26. The molecule has 7 heteroatoms. The van der Waals surface area contributed by atoms with Gasteiger partial charge in [0.1, 0.15) is 4.86 Å². The molecule has 0 aliphatic heterocycles. The van der Waals surface area contributed by atoms with Gasteiger partial charge in [-0.25, -0.2) is 0 Å². The molecule has 0 aromatic heterocycles. The molecule has 0 saturated carbocycles. The summed E-state index contributed by atoms with van der Waals surface area (Å²) >= 11 is 9.61. The quantitative estimate of drug-likeness (QED) is 0.663. The van der Waals surface area contributed by atoms with Gasteiger partial charge < -0.3 is 0 Å². The lowest BCUT2D eigenvalue weighted by Gasteiger charge is -1.51. The van der Waals surface area contributed by atoms with Crippen LogP contribution >= 0.6 is 37.1 Å². The molecule has 0 bridgehead atoms. The molecule has 0 saturated heterocycles. The van der Waals surface area contributed by atoms with Crippen LogP contribution in [0.25, 0.3) is 0 Å². The SMILES string of the molecule is O=[P+](Cl)N[P+](=O)Cl. The van der Waals surface area contributed by atoms with Crippen LogP contribution in [0.2, 0.25) is 0 Å².